The van der Waals surface area contributed by atoms with Crippen LogP contribution >= 0.6 is 0 Å². The normalized spacial score (nSPS) is 16.0. The van der Waals surface area contributed by atoms with Crippen LogP contribution in [0.4, 0.5) is 17.1 Å². The highest BCUT2D eigenvalue weighted by Crippen LogP contribution is 2.30. The fraction of sp³-hybridized carbons (Fsp3) is 0.469. The van der Waals surface area contributed by atoms with Gasteiger partial charge in [0.1, 0.15) is 0 Å². The molecule has 40 heavy (non-hydrogen) atoms. The number of rotatable bonds is 12. The first kappa shape index (κ1) is 28.4. The zero-order chi connectivity index (χ0) is 27.6. The molecule has 0 bridgehead atoms. The van der Waals surface area contributed by atoms with Crippen LogP contribution in [0.25, 0.3) is 22.5 Å². The van der Waals surface area contributed by atoms with E-state index in [1.54, 1.807) is 0 Å². The van der Waals surface area contributed by atoms with Crippen LogP contribution in [0, 0.1) is 0 Å². The maximum Gasteiger partial charge on any atom is 0.0730 e. The quantitative estimate of drug-likeness (QED) is 0.260. The molecule has 3 aromatic rings. The van der Waals surface area contributed by atoms with E-state index in [-0.39, 0.29) is 0 Å². The Hall–Kier alpha value is -3.17. The third kappa shape index (κ3) is 7.73. The molecule has 2 aromatic carbocycles. The molecule has 2 aliphatic rings. The highest BCUT2D eigenvalue weighted by Gasteiger charge is 2.14. The third-order valence-corrected chi connectivity index (χ3v) is 7.91. The minimum Gasteiger partial charge on any atom is -0.385 e. The molecule has 0 spiro atoms. The first-order valence-corrected chi connectivity index (χ1v) is 15.0. The van der Waals surface area contributed by atoms with Gasteiger partial charge in [0.2, 0.25) is 0 Å². The van der Waals surface area contributed by atoms with Crippen LogP contribution < -0.4 is 31.5 Å². The van der Waals surface area contributed by atoms with Gasteiger partial charge in [-0.3, -0.25) is 0 Å². The summed E-state index contributed by atoms with van der Waals surface area (Å²) in [6.07, 6.45) is 2.12. The van der Waals surface area contributed by atoms with E-state index in [1.165, 1.54) is 11.4 Å². The van der Waals surface area contributed by atoms with Crippen LogP contribution in [0.1, 0.15) is 12.8 Å². The van der Waals surface area contributed by atoms with Crippen molar-refractivity contribution in [2.75, 3.05) is 101 Å². The van der Waals surface area contributed by atoms with Crippen LogP contribution in [0.5, 0.6) is 0 Å². The Balaban J connectivity index is 1.34. The molecule has 5 N–H and O–H groups in total. The van der Waals surface area contributed by atoms with E-state index >= 15 is 0 Å². The number of nitrogens with two attached hydrogens (primary N) is 1. The van der Waals surface area contributed by atoms with Gasteiger partial charge in [-0.2, -0.15) is 0 Å². The Labute approximate surface area is 239 Å². The van der Waals surface area contributed by atoms with Gasteiger partial charge in [0.25, 0.3) is 0 Å². The van der Waals surface area contributed by atoms with Gasteiger partial charge in [-0.05, 0) is 75.9 Å². The first-order chi connectivity index (χ1) is 19.7. The largest absolute Gasteiger partial charge is 0.385 e. The van der Waals surface area contributed by atoms with Crippen molar-refractivity contribution in [1.82, 2.24) is 20.5 Å². The Bertz CT molecular complexity index is 1090. The fourth-order valence-corrected chi connectivity index (χ4v) is 5.52. The predicted octanol–water partition coefficient (Wildman–Crippen LogP) is 3.32. The molecule has 3 heterocycles. The van der Waals surface area contributed by atoms with Crippen molar-refractivity contribution in [3.8, 4) is 22.5 Å². The molecule has 8 heteroatoms. The number of hydrogen-bond donors (Lipinski definition) is 4. The number of nitrogens with one attached hydrogen (secondary N) is 3. The van der Waals surface area contributed by atoms with Gasteiger partial charge in [-0.25, -0.2) is 4.98 Å². The lowest BCUT2D eigenvalue weighted by atomic mass is 10.1. The van der Waals surface area contributed by atoms with Crippen LogP contribution in [-0.4, -0.2) is 95.5 Å². The average molecular weight is 543 g/mol. The molecule has 2 aliphatic heterocycles. The summed E-state index contributed by atoms with van der Waals surface area (Å²) in [4.78, 5) is 12.4. The lowest BCUT2D eigenvalue weighted by Gasteiger charge is -2.29. The maximum atomic E-state index is 5.67. The highest BCUT2D eigenvalue weighted by atomic mass is 15.2. The second-order valence-electron chi connectivity index (χ2n) is 10.9. The van der Waals surface area contributed by atoms with E-state index < -0.39 is 0 Å². The molecule has 0 radical (unpaired) electrons. The summed E-state index contributed by atoms with van der Waals surface area (Å²) in [6.45, 7) is 12.1. The van der Waals surface area contributed by atoms with Crippen LogP contribution in [0.2, 0.25) is 0 Å². The SMILES string of the molecule is CN(CCCN)CCCNc1cc(-c2ccc(N3CCNCC3)cc2)nc(-c2ccc(N3CCNCC3)cc2)c1. The monoisotopic (exact) mass is 542 g/mol. The molecular weight excluding hydrogens is 496 g/mol. The smallest absolute Gasteiger partial charge is 0.0730 e. The molecule has 214 valence electrons. The number of aromatic nitrogens is 1. The summed E-state index contributed by atoms with van der Waals surface area (Å²) < 4.78 is 0. The van der Waals surface area contributed by atoms with E-state index in [9.17, 15) is 0 Å². The molecule has 0 aliphatic carbocycles. The average Bonchev–Trinajstić information content (AvgIpc) is 3.03. The Morgan fingerprint density at radius 2 is 1.23 bits per heavy atom. The van der Waals surface area contributed by atoms with Crippen molar-refractivity contribution >= 4 is 17.1 Å². The molecule has 5 rings (SSSR count). The topological polar surface area (TPSA) is 84.7 Å². The van der Waals surface area contributed by atoms with Gasteiger partial charge in [0, 0.05) is 87.1 Å². The van der Waals surface area contributed by atoms with Crippen LogP contribution in [0.15, 0.2) is 60.7 Å². The van der Waals surface area contributed by atoms with Gasteiger partial charge in [-0.1, -0.05) is 24.3 Å². The van der Waals surface area contributed by atoms with Crippen LogP contribution in [0.3, 0.4) is 0 Å². The summed E-state index contributed by atoms with van der Waals surface area (Å²) in [7, 11) is 2.17. The van der Waals surface area contributed by atoms with E-state index in [1.807, 2.05) is 0 Å². The van der Waals surface area contributed by atoms with Crippen molar-refractivity contribution in [2.24, 2.45) is 5.73 Å². The standard InChI is InChI=1S/C32H46N8/c1-38(18-2-12-33)19-3-13-36-28-24-31(26-4-8-29(9-5-26)39-20-14-34-15-21-39)37-32(25-28)27-6-10-30(11-7-27)40-22-16-35-17-23-40/h4-11,24-25,34-35H,2-3,12-23,33H2,1H3,(H,36,37). The van der Waals surface area contributed by atoms with E-state index in [2.05, 4.69) is 98.4 Å². The summed E-state index contributed by atoms with van der Waals surface area (Å²) in [5.74, 6) is 0. The lowest BCUT2D eigenvalue weighted by molar-refractivity contribution is 0.330. The van der Waals surface area contributed by atoms with Gasteiger partial charge in [0.15, 0.2) is 0 Å². The van der Waals surface area contributed by atoms with Crippen molar-refractivity contribution in [3.05, 3.63) is 60.7 Å². The molecule has 2 fully saturated rings. The van der Waals surface area contributed by atoms with Crippen molar-refractivity contribution in [3.63, 3.8) is 0 Å². The van der Waals surface area contributed by atoms with Gasteiger partial charge >= 0.3 is 0 Å². The zero-order valence-electron chi connectivity index (χ0n) is 24.0. The van der Waals surface area contributed by atoms with Crippen molar-refractivity contribution in [1.29, 1.82) is 0 Å². The molecule has 2 saturated heterocycles. The van der Waals surface area contributed by atoms with Crippen molar-refractivity contribution < 1.29 is 0 Å². The molecule has 0 atom stereocenters. The second-order valence-corrected chi connectivity index (χ2v) is 10.9. The van der Waals surface area contributed by atoms with Crippen molar-refractivity contribution in [2.45, 2.75) is 12.8 Å². The van der Waals surface area contributed by atoms with E-state index in [4.69, 9.17) is 10.7 Å². The summed E-state index contributed by atoms with van der Waals surface area (Å²) in [5, 5.41) is 10.6. The number of hydrogen-bond acceptors (Lipinski definition) is 8. The van der Waals surface area contributed by atoms with Gasteiger partial charge in [0.05, 0.1) is 11.4 Å². The number of piperazine rings is 2. The summed E-state index contributed by atoms with van der Waals surface area (Å²) >= 11 is 0. The third-order valence-electron chi connectivity index (χ3n) is 7.91. The molecule has 1 aromatic heterocycles. The van der Waals surface area contributed by atoms with E-state index in [0.29, 0.717) is 0 Å². The Kier molecular flexibility index (Phi) is 10.3. The summed E-state index contributed by atoms with van der Waals surface area (Å²) in [6, 6.07) is 22.2. The number of nitrogens with zero attached hydrogens (tertiary/aromatic N) is 4. The number of benzene rings is 2. The minimum atomic E-state index is 0.748. The highest BCUT2D eigenvalue weighted by molar-refractivity contribution is 5.74. The number of anilines is 3. The predicted molar refractivity (Wildman–Crippen MR) is 170 cm³/mol. The van der Waals surface area contributed by atoms with Gasteiger partial charge < -0.3 is 36.4 Å². The maximum absolute atomic E-state index is 5.67. The molecular formula is C32H46N8. The molecule has 0 saturated carbocycles. The fourth-order valence-electron chi connectivity index (χ4n) is 5.52. The van der Waals surface area contributed by atoms with Gasteiger partial charge in [-0.15, -0.1) is 0 Å². The van der Waals surface area contributed by atoms with E-state index in [0.717, 1.165) is 120 Å². The molecule has 0 unspecified atom stereocenters. The molecule has 8 nitrogen and oxygen atoms in total. The number of pyridine rings is 1. The lowest BCUT2D eigenvalue weighted by Crippen LogP contribution is -2.43. The zero-order valence-corrected chi connectivity index (χ0v) is 24.0. The van der Waals surface area contributed by atoms with Crippen LogP contribution in [-0.2, 0) is 0 Å². The Morgan fingerprint density at radius 3 is 1.70 bits per heavy atom. The first-order valence-electron chi connectivity index (χ1n) is 15.0. The Morgan fingerprint density at radius 1 is 0.750 bits per heavy atom. The summed E-state index contributed by atoms with van der Waals surface area (Å²) in [5.41, 5.74) is 13.6. The molecule has 0 amide bonds. The second kappa shape index (κ2) is 14.5. The minimum absolute atomic E-state index is 0.748.